The molecule has 0 aliphatic heterocycles. The van der Waals surface area contributed by atoms with Crippen LogP contribution >= 0.6 is 0 Å². The first-order valence-corrected chi connectivity index (χ1v) is 16.0. The first kappa shape index (κ1) is 25.4. The normalized spacial score (nSPS) is 11.9. The molecule has 0 amide bonds. The van der Waals surface area contributed by atoms with Crippen LogP contribution in [-0.4, -0.2) is 0 Å². The third kappa shape index (κ3) is 3.56. The molecule has 0 atom stereocenters. The standard InChI is InChI=1S/C46H28/c1-2-12-29(13-3-1)43-37-18-6-8-20-39(37)44(40-21-9-7-19-38(40)43)32-26-27-35-33-16-4-5-17-34(33)36-22-10-14-30-24-25-31-15-11-23-41(42(35)28-32)46(31)45(30)36/h1-28H. The van der Waals surface area contributed by atoms with Gasteiger partial charge in [-0.1, -0.05) is 164 Å². The second kappa shape index (κ2) is 9.76. The van der Waals surface area contributed by atoms with Crippen molar-refractivity contribution in [3.63, 3.8) is 0 Å². The largest absolute Gasteiger partial charge is 0.0622 e. The first-order valence-electron chi connectivity index (χ1n) is 16.0. The molecule has 0 nitrogen and oxygen atoms in total. The lowest BCUT2D eigenvalue weighted by Gasteiger charge is -2.18. The second-order valence-corrected chi connectivity index (χ2v) is 12.4. The van der Waals surface area contributed by atoms with Gasteiger partial charge in [-0.15, -0.1) is 0 Å². The smallest absolute Gasteiger partial charge is 0.00203 e. The van der Waals surface area contributed by atoms with E-state index in [4.69, 9.17) is 0 Å². The van der Waals surface area contributed by atoms with Crippen molar-refractivity contribution in [3.8, 4) is 22.3 Å². The summed E-state index contributed by atoms with van der Waals surface area (Å²) in [5.41, 5.74) is 5.06. The molecular weight excluding hydrogens is 553 g/mol. The van der Waals surface area contributed by atoms with E-state index in [0.717, 1.165) is 0 Å². The molecule has 0 unspecified atom stereocenters. The average molecular weight is 581 g/mol. The highest BCUT2D eigenvalue weighted by Crippen LogP contribution is 2.46. The summed E-state index contributed by atoms with van der Waals surface area (Å²) >= 11 is 0. The van der Waals surface area contributed by atoms with Crippen LogP contribution in [0.3, 0.4) is 0 Å². The molecule has 0 spiro atoms. The van der Waals surface area contributed by atoms with Crippen LogP contribution in [0, 0.1) is 0 Å². The van der Waals surface area contributed by atoms with Gasteiger partial charge in [0, 0.05) is 0 Å². The number of hydrogen-bond acceptors (Lipinski definition) is 0. The lowest BCUT2D eigenvalue weighted by Crippen LogP contribution is -1.91. The third-order valence-electron chi connectivity index (χ3n) is 9.99. The van der Waals surface area contributed by atoms with E-state index in [9.17, 15) is 0 Å². The summed E-state index contributed by atoms with van der Waals surface area (Å²) in [6, 6.07) is 62.9. The zero-order valence-electron chi connectivity index (χ0n) is 25.2. The molecule has 10 rings (SSSR count). The van der Waals surface area contributed by atoms with Gasteiger partial charge in [0.05, 0.1) is 0 Å². The van der Waals surface area contributed by atoms with Crippen molar-refractivity contribution >= 4 is 75.4 Å². The van der Waals surface area contributed by atoms with Crippen LogP contribution in [0.2, 0.25) is 0 Å². The number of benzene rings is 9. The summed E-state index contributed by atoms with van der Waals surface area (Å²) in [6.07, 6.45) is 0. The van der Waals surface area contributed by atoms with Gasteiger partial charge < -0.3 is 0 Å². The molecule has 10 aromatic rings. The Morgan fingerprint density at radius 1 is 0.217 bits per heavy atom. The van der Waals surface area contributed by atoms with Gasteiger partial charge in [0.25, 0.3) is 0 Å². The van der Waals surface area contributed by atoms with Crippen LogP contribution in [0.25, 0.3) is 97.7 Å². The first-order chi connectivity index (χ1) is 22.8. The Balaban J connectivity index is 1.42. The molecule has 0 heteroatoms. The number of rotatable bonds is 2. The minimum absolute atomic E-state index is 1.24. The van der Waals surface area contributed by atoms with Crippen molar-refractivity contribution in [1.29, 1.82) is 0 Å². The van der Waals surface area contributed by atoms with Crippen molar-refractivity contribution in [2.75, 3.05) is 0 Å². The molecule has 212 valence electrons. The summed E-state index contributed by atoms with van der Waals surface area (Å²) in [5, 5.41) is 18.0. The van der Waals surface area contributed by atoms with Gasteiger partial charge in [0.1, 0.15) is 0 Å². The van der Waals surface area contributed by atoms with Gasteiger partial charge in [-0.3, -0.25) is 0 Å². The summed E-state index contributed by atoms with van der Waals surface area (Å²) < 4.78 is 0. The highest BCUT2D eigenvalue weighted by molar-refractivity contribution is 6.33. The average Bonchev–Trinajstić information content (AvgIpc) is 3.13. The van der Waals surface area contributed by atoms with Crippen LogP contribution in [0.1, 0.15) is 0 Å². The van der Waals surface area contributed by atoms with Crippen molar-refractivity contribution in [2.45, 2.75) is 0 Å². The zero-order valence-corrected chi connectivity index (χ0v) is 25.2. The molecule has 0 aromatic heterocycles. The molecule has 0 radical (unpaired) electrons. The molecule has 0 saturated heterocycles. The van der Waals surface area contributed by atoms with E-state index in [1.807, 2.05) is 0 Å². The summed E-state index contributed by atoms with van der Waals surface area (Å²) in [6.45, 7) is 0. The minimum atomic E-state index is 1.24. The Morgan fingerprint density at radius 3 is 1.20 bits per heavy atom. The molecule has 0 bridgehead atoms. The number of hydrogen-bond donors (Lipinski definition) is 0. The van der Waals surface area contributed by atoms with E-state index in [0.29, 0.717) is 0 Å². The lowest BCUT2D eigenvalue weighted by molar-refractivity contribution is 1.66. The number of fused-ring (bicyclic) bond motifs is 7. The van der Waals surface area contributed by atoms with Gasteiger partial charge in [0.15, 0.2) is 0 Å². The van der Waals surface area contributed by atoms with Crippen LogP contribution in [0.15, 0.2) is 170 Å². The summed E-state index contributed by atoms with van der Waals surface area (Å²) in [5.74, 6) is 0. The Hall–Kier alpha value is -5.98. The maximum Gasteiger partial charge on any atom is -0.00203 e. The topological polar surface area (TPSA) is 0 Å². The molecule has 0 aliphatic rings. The Labute approximate surface area is 266 Å². The maximum absolute atomic E-state index is 2.46. The molecular formula is C46H28. The van der Waals surface area contributed by atoms with E-state index < -0.39 is 0 Å². The van der Waals surface area contributed by atoms with E-state index in [1.54, 1.807) is 0 Å². The van der Waals surface area contributed by atoms with Crippen molar-refractivity contribution < 1.29 is 0 Å². The second-order valence-electron chi connectivity index (χ2n) is 12.4. The predicted octanol–water partition coefficient (Wildman–Crippen LogP) is 13.1. The Kier molecular flexibility index (Phi) is 5.38. The van der Waals surface area contributed by atoms with Gasteiger partial charge in [0.2, 0.25) is 0 Å². The quantitative estimate of drug-likeness (QED) is 0.141. The van der Waals surface area contributed by atoms with E-state index in [2.05, 4.69) is 170 Å². The van der Waals surface area contributed by atoms with Crippen molar-refractivity contribution in [3.05, 3.63) is 170 Å². The molecule has 10 aromatic carbocycles. The van der Waals surface area contributed by atoms with Crippen LogP contribution in [0.4, 0.5) is 0 Å². The van der Waals surface area contributed by atoms with Crippen LogP contribution in [-0.2, 0) is 0 Å². The highest BCUT2D eigenvalue weighted by Gasteiger charge is 2.18. The maximum atomic E-state index is 2.46. The van der Waals surface area contributed by atoms with Crippen LogP contribution < -0.4 is 0 Å². The lowest BCUT2D eigenvalue weighted by atomic mass is 9.85. The van der Waals surface area contributed by atoms with Crippen molar-refractivity contribution in [1.82, 2.24) is 0 Å². The van der Waals surface area contributed by atoms with E-state index in [1.165, 1.54) is 97.7 Å². The fourth-order valence-corrected chi connectivity index (χ4v) is 8.07. The third-order valence-corrected chi connectivity index (χ3v) is 9.99. The molecule has 46 heavy (non-hydrogen) atoms. The zero-order chi connectivity index (χ0) is 30.2. The minimum Gasteiger partial charge on any atom is -0.0622 e. The van der Waals surface area contributed by atoms with Crippen molar-refractivity contribution in [2.24, 2.45) is 0 Å². The summed E-state index contributed by atoms with van der Waals surface area (Å²) in [7, 11) is 0. The molecule has 0 heterocycles. The van der Waals surface area contributed by atoms with E-state index in [-0.39, 0.29) is 0 Å². The SMILES string of the molecule is c1ccc(-c2c3ccccc3c(-c3ccc4c5ccccc5c5cccc6ccc7cccc(c4c3)c7c65)c3ccccc23)cc1. The molecule has 0 N–H and O–H groups in total. The fraction of sp³-hybridized carbons (Fsp3) is 0. The Morgan fingerprint density at radius 2 is 0.630 bits per heavy atom. The predicted molar refractivity (Wildman–Crippen MR) is 200 cm³/mol. The molecule has 0 fully saturated rings. The highest BCUT2D eigenvalue weighted by atomic mass is 14.2. The van der Waals surface area contributed by atoms with E-state index >= 15 is 0 Å². The van der Waals surface area contributed by atoms with Gasteiger partial charge in [-0.25, -0.2) is 0 Å². The Bertz CT molecular complexity index is 2780. The molecule has 0 saturated carbocycles. The fourth-order valence-electron chi connectivity index (χ4n) is 8.07. The van der Waals surface area contributed by atoms with Gasteiger partial charge in [-0.2, -0.15) is 0 Å². The monoisotopic (exact) mass is 580 g/mol. The van der Waals surface area contributed by atoms with Crippen LogP contribution in [0.5, 0.6) is 0 Å². The summed E-state index contributed by atoms with van der Waals surface area (Å²) in [4.78, 5) is 0. The molecule has 0 aliphatic carbocycles. The van der Waals surface area contributed by atoms with Gasteiger partial charge >= 0.3 is 0 Å². The van der Waals surface area contributed by atoms with Gasteiger partial charge in [-0.05, 0) is 104 Å².